The van der Waals surface area contributed by atoms with Crippen LogP contribution in [0.1, 0.15) is 54.9 Å². The highest BCUT2D eigenvalue weighted by atomic mass is 16.5. The molecule has 0 N–H and O–H groups in total. The molecule has 19 heavy (non-hydrogen) atoms. The molecule has 0 aromatic heterocycles. The fraction of sp³-hybridized carbons (Fsp3) is 0.500. The van der Waals surface area contributed by atoms with Gasteiger partial charge in [0.1, 0.15) is 11.5 Å². The summed E-state index contributed by atoms with van der Waals surface area (Å²) in [6.45, 7) is 2.43. The Labute approximate surface area is 114 Å². The molecule has 1 aromatic rings. The Morgan fingerprint density at radius 3 is 2.95 bits per heavy atom. The molecule has 0 amide bonds. The van der Waals surface area contributed by atoms with Crippen LogP contribution in [0.5, 0.6) is 5.75 Å². The minimum atomic E-state index is 0.237. The summed E-state index contributed by atoms with van der Waals surface area (Å²) in [4.78, 5) is 22.8. The van der Waals surface area contributed by atoms with Crippen LogP contribution in [0.25, 0.3) is 0 Å². The second-order valence-electron chi connectivity index (χ2n) is 4.94. The molecule has 1 aliphatic carbocycles. The Morgan fingerprint density at radius 2 is 2.16 bits per heavy atom. The number of carbonyl (C=O) groups excluding carboxylic acids is 2. The van der Waals surface area contributed by atoms with Crippen LogP contribution in [0.15, 0.2) is 18.2 Å². The topological polar surface area (TPSA) is 43.4 Å². The molecule has 0 saturated heterocycles. The highest BCUT2D eigenvalue weighted by molar-refractivity contribution is 5.98. The largest absolute Gasteiger partial charge is 0.494 e. The highest BCUT2D eigenvalue weighted by Crippen LogP contribution is 2.25. The number of hydrogen-bond donors (Lipinski definition) is 0. The summed E-state index contributed by atoms with van der Waals surface area (Å²) < 4.78 is 5.64. The van der Waals surface area contributed by atoms with Crippen molar-refractivity contribution in [1.82, 2.24) is 0 Å². The van der Waals surface area contributed by atoms with E-state index in [0.717, 1.165) is 36.1 Å². The SMILES string of the molecule is CCC(=O)CCCOc1ccc2c(c1)CCCC2=O. The van der Waals surface area contributed by atoms with Crippen LogP contribution in [-0.4, -0.2) is 18.2 Å². The van der Waals surface area contributed by atoms with E-state index in [1.807, 2.05) is 25.1 Å². The van der Waals surface area contributed by atoms with Crippen molar-refractivity contribution < 1.29 is 14.3 Å². The van der Waals surface area contributed by atoms with Gasteiger partial charge in [-0.15, -0.1) is 0 Å². The molecule has 0 bridgehead atoms. The Hall–Kier alpha value is -1.64. The number of carbonyl (C=O) groups is 2. The van der Waals surface area contributed by atoms with Crippen LogP contribution in [0.2, 0.25) is 0 Å². The zero-order valence-electron chi connectivity index (χ0n) is 11.4. The van der Waals surface area contributed by atoms with E-state index in [1.54, 1.807) is 0 Å². The number of aryl methyl sites for hydroxylation is 1. The molecular weight excluding hydrogens is 240 g/mol. The smallest absolute Gasteiger partial charge is 0.163 e. The van der Waals surface area contributed by atoms with Gasteiger partial charge >= 0.3 is 0 Å². The van der Waals surface area contributed by atoms with Gasteiger partial charge in [0.25, 0.3) is 0 Å². The second kappa shape index (κ2) is 6.50. The Morgan fingerprint density at radius 1 is 1.32 bits per heavy atom. The van der Waals surface area contributed by atoms with Gasteiger partial charge in [-0.1, -0.05) is 6.92 Å². The number of hydrogen-bond acceptors (Lipinski definition) is 3. The minimum absolute atomic E-state index is 0.237. The van der Waals surface area contributed by atoms with E-state index < -0.39 is 0 Å². The number of ketones is 2. The van der Waals surface area contributed by atoms with Crippen molar-refractivity contribution in [3.8, 4) is 5.75 Å². The first-order valence-electron chi connectivity index (χ1n) is 7.01. The van der Waals surface area contributed by atoms with Crippen molar-refractivity contribution in [3.63, 3.8) is 0 Å². The monoisotopic (exact) mass is 260 g/mol. The van der Waals surface area contributed by atoms with Crippen LogP contribution in [0.4, 0.5) is 0 Å². The van der Waals surface area contributed by atoms with Gasteiger partial charge in [-0.2, -0.15) is 0 Å². The Balaban J connectivity index is 1.88. The first-order chi connectivity index (χ1) is 9.20. The van der Waals surface area contributed by atoms with E-state index in [4.69, 9.17) is 4.74 Å². The Bertz CT molecular complexity index is 477. The zero-order valence-corrected chi connectivity index (χ0v) is 11.4. The molecule has 0 radical (unpaired) electrons. The van der Waals surface area contributed by atoms with Crippen LogP contribution in [-0.2, 0) is 11.2 Å². The summed E-state index contributed by atoms with van der Waals surface area (Å²) in [5.41, 5.74) is 1.94. The van der Waals surface area contributed by atoms with Crippen LogP contribution in [0.3, 0.4) is 0 Å². The van der Waals surface area contributed by atoms with Gasteiger partial charge in [0.05, 0.1) is 6.61 Å². The van der Waals surface area contributed by atoms with Gasteiger partial charge in [-0.3, -0.25) is 9.59 Å². The van der Waals surface area contributed by atoms with Crippen molar-refractivity contribution in [2.24, 2.45) is 0 Å². The molecule has 3 nitrogen and oxygen atoms in total. The van der Waals surface area contributed by atoms with Crippen LogP contribution >= 0.6 is 0 Å². The molecule has 0 fully saturated rings. The third kappa shape index (κ3) is 3.66. The fourth-order valence-corrected chi connectivity index (χ4v) is 2.35. The van der Waals surface area contributed by atoms with Crippen molar-refractivity contribution >= 4 is 11.6 Å². The van der Waals surface area contributed by atoms with Crippen molar-refractivity contribution in [2.75, 3.05) is 6.61 Å². The third-order valence-corrected chi connectivity index (χ3v) is 3.49. The van der Waals surface area contributed by atoms with E-state index in [1.165, 1.54) is 0 Å². The van der Waals surface area contributed by atoms with Crippen molar-refractivity contribution in [1.29, 1.82) is 0 Å². The van der Waals surface area contributed by atoms with Crippen molar-refractivity contribution in [3.05, 3.63) is 29.3 Å². The summed E-state index contributed by atoms with van der Waals surface area (Å²) in [6.07, 6.45) is 4.47. The lowest BCUT2D eigenvalue weighted by Gasteiger charge is -2.15. The van der Waals surface area contributed by atoms with Gasteiger partial charge in [0.15, 0.2) is 5.78 Å². The maximum Gasteiger partial charge on any atom is 0.163 e. The first-order valence-corrected chi connectivity index (χ1v) is 7.01. The van der Waals surface area contributed by atoms with E-state index in [2.05, 4.69) is 0 Å². The predicted octanol–water partition coefficient (Wildman–Crippen LogP) is 3.34. The zero-order chi connectivity index (χ0) is 13.7. The number of benzene rings is 1. The molecule has 2 rings (SSSR count). The van der Waals surface area contributed by atoms with Gasteiger partial charge in [0, 0.05) is 24.8 Å². The highest BCUT2D eigenvalue weighted by Gasteiger charge is 2.17. The van der Waals surface area contributed by atoms with E-state index in [0.29, 0.717) is 25.9 Å². The molecule has 0 atom stereocenters. The summed E-state index contributed by atoms with van der Waals surface area (Å²) in [5.74, 6) is 1.32. The summed E-state index contributed by atoms with van der Waals surface area (Å²) in [6, 6.07) is 5.68. The Kier molecular flexibility index (Phi) is 4.72. The standard InChI is InChI=1S/C16H20O3/c1-2-13(17)6-4-10-19-14-8-9-15-12(11-14)5-3-7-16(15)18/h8-9,11H,2-7,10H2,1H3. The molecule has 102 valence electrons. The number of Topliss-reactive ketones (excluding diaryl/α,β-unsaturated/α-hetero) is 2. The van der Waals surface area contributed by atoms with E-state index >= 15 is 0 Å². The lowest BCUT2D eigenvalue weighted by molar-refractivity contribution is -0.118. The molecule has 0 heterocycles. The maximum atomic E-state index is 11.7. The molecule has 0 saturated carbocycles. The third-order valence-electron chi connectivity index (χ3n) is 3.49. The van der Waals surface area contributed by atoms with Gasteiger partial charge in [0.2, 0.25) is 0 Å². The molecule has 0 spiro atoms. The summed E-state index contributed by atoms with van der Waals surface area (Å²) >= 11 is 0. The predicted molar refractivity (Wildman–Crippen MR) is 73.7 cm³/mol. The molecule has 1 aliphatic rings. The maximum absolute atomic E-state index is 11.7. The minimum Gasteiger partial charge on any atom is -0.494 e. The number of rotatable bonds is 6. The number of fused-ring (bicyclic) bond motifs is 1. The number of ether oxygens (including phenoxy) is 1. The fourth-order valence-electron chi connectivity index (χ4n) is 2.35. The van der Waals surface area contributed by atoms with Gasteiger partial charge in [-0.25, -0.2) is 0 Å². The average molecular weight is 260 g/mol. The quantitative estimate of drug-likeness (QED) is 0.737. The lowest BCUT2D eigenvalue weighted by atomic mass is 9.90. The molecular formula is C16H20O3. The summed E-state index contributed by atoms with van der Waals surface area (Å²) in [5, 5.41) is 0. The summed E-state index contributed by atoms with van der Waals surface area (Å²) in [7, 11) is 0. The molecule has 3 heteroatoms. The first kappa shape index (κ1) is 13.8. The van der Waals surface area contributed by atoms with Crippen molar-refractivity contribution in [2.45, 2.75) is 45.4 Å². The molecule has 0 unspecified atom stereocenters. The molecule has 1 aromatic carbocycles. The van der Waals surface area contributed by atoms with Gasteiger partial charge < -0.3 is 4.74 Å². The normalized spacial score (nSPS) is 14.1. The van der Waals surface area contributed by atoms with E-state index in [9.17, 15) is 9.59 Å². The van der Waals surface area contributed by atoms with Gasteiger partial charge in [-0.05, 0) is 43.0 Å². The average Bonchev–Trinajstić information content (AvgIpc) is 2.43. The van der Waals surface area contributed by atoms with E-state index in [-0.39, 0.29) is 11.6 Å². The molecule has 0 aliphatic heterocycles. The lowest BCUT2D eigenvalue weighted by Crippen LogP contribution is -2.11. The van der Waals surface area contributed by atoms with Crippen LogP contribution in [0, 0.1) is 0 Å². The van der Waals surface area contributed by atoms with Crippen LogP contribution < -0.4 is 4.74 Å². The second-order valence-corrected chi connectivity index (χ2v) is 4.94.